The molecule has 0 bridgehead atoms. The zero-order valence-corrected chi connectivity index (χ0v) is 11.7. The topological polar surface area (TPSA) is 52.0 Å². The van der Waals surface area contributed by atoms with Gasteiger partial charge in [0.25, 0.3) is 0 Å². The summed E-state index contributed by atoms with van der Waals surface area (Å²) in [4.78, 5) is 0. The molecule has 0 spiro atoms. The van der Waals surface area contributed by atoms with Crippen LogP contribution in [0.25, 0.3) is 0 Å². The number of nitrogens with two attached hydrogens (primary N) is 2. The van der Waals surface area contributed by atoms with Crippen molar-refractivity contribution >= 4 is 24.8 Å². The maximum atomic E-state index is 5.83. The number of halogens is 2. The molecular formula is C12H22Cl2N2. The molecule has 0 unspecified atom stereocenters. The number of hydrogen-bond donors (Lipinski definition) is 2. The first-order valence-electron chi connectivity index (χ1n) is 5.01. The molecule has 1 atom stereocenters. The predicted molar refractivity (Wildman–Crippen MR) is 75.6 cm³/mol. The fourth-order valence-corrected chi connectivity index (χ4v) is 1.37. The maximum Gasteiger partial charge on any atom is 0.0419 e. The summed E-state index contributed by atoms with van der Waals surface area (Å²) in [5, 5.41) is 0. The van der Waals surface area contributed by atoms with E-state index in [0.717, 1.165) is 5.56 Å². The lowest BCUT2D eigenvalue weighted by molar-refractivity contribution is 0.589. The Bertz CT molecular complexity index is 291. The van der Waals surface area contributed by atoms with E-state index in [9.17, 15) is 0 Å². The average molecular weight is 265 g/mol. The van der Waals surface area contributed by atoms with E-state index in [1.807, 2.05) is 0 Å². The largest absolute Gasteiger partial charge is 0.329 e. The van der Waals surface area contributed by atoms with Gasteiger partial charge >= 0.3 is 0 Å². The Kier molecular flexibility index (Phi) is 8.06. The van der Waals surface area contributed by atoms with Crippen molar-refractivity contribution in [2.45, 2.75) is 32.2 Å². The first kappa shape index (κ1) is 18.1. The highest BCUT2D eigenvalue weighted by atomic mass is 35.5. The summed E-state index contributed by atoms with van der Waals surface area (Å²) in [5.74, 6) is 0. The molecule has 4 heteroatoms. The van der Waals surface area contributed by atoms with Gasteiger partial charge in [-0.05, 0) is 16.5 Å². The van der Waals surface area contributed by atoms with Gasteiger partial charge in [0, 0.05) is 12.6 Å². The van der Waals surface area contributed by atoms with E-state index in [2.05, 4.69) is 45.0 Å². The fraction of sp³-hybridized carbons (Fsp3) is 0.500. The van der Waals surface area contributed by atoms with E-state index >= 15 is 0 Å². The molecular weight excluding hydrogens is 243 g/mol. The minimum Gasteiger partial charge on any atom is -0.329 e. The van der Waals surface area contributed by atoms with Crippen molar-refractivity contribution < 1.29 is 0 Å². The quantitative estimate of drug-likeness (QED) is 0.863. The van der Waals surface area contributed by atoms with E-state index < -0.39 is 0 Å². The molecule has 0 heterocycles. The Morgan fingerprint density at radius 2 is 1.50 bits per heavy atom. The molecule has 0 aliphatic heterocycles. The van der Waals surface area contributed by atoms with Crippen LogP contribution in [0.3, 0.4) is 0 Å². The molecule has 0 amide bonds. The highest BCUT2D eigenvalue weighted by Crippen LogP contribution is 2.23. The van der Waals surface area contributed by atoms with E-state index in [1.54, 1.807) is 0 Å². The summed E-state index contributed by atoms with van der Waals surface area (Å²) in [5.41, 5.74) is 14.0. The molecule has 16 heavy (non-hydrogen) atoms. The van der Waals surface area contributed by atoms with Gasteiger partial charge in [-0.1, -0.05) is 45.0 Å². The Morgan fingerprint density at radius 1 is 1.06 bits per heavy atom. The zero-order chi connectivity index (χ0) is 10.8. The minimum absolute atomic E-state index is 0. The van der Waals surface area contributed by atoms with Crippen LogP contribution in [0.1, 0.15) is 37.9 Å². The van der Waals surface area contributed by atoms with Crippen LogP contribution in [-0.2, 0) is 5.41 Å². The van der Waals surface area contributed by atoms with Crippen molar-refractivity contribution in [2.75, 3.05) is 6.54 Å². The standard InChI is InChI=1S/C12H20N2.2ClH/c1-12(2,3)10-6-4-9(5-7-10)11(14)8-13;;/h4-7,11H,8,13-14H2,1-3H3;2*1H/t11-;;/m0../s1. The Hall–Kier alpha value is -0.280. The lowest BCUT2D eigenvalue weighted by atomic mass is 9.86. The van der Waals surface area contributed by atoms with Gasteiger partial charge in [0.15, 0.2) is 0 Å². The van der Waals surface area contributed by atoms with Gasteiger partial charge in [0.1, 0.15) is 0 Å². The smallest absolute Gasteiger partial charge is 0.0419 e. The Labute approximate surface area is 111 Å². The predicted octanol–water partition coefficient (Wildman–Crippen LogP) is 2.79. The van der Waals surface area contributed by atoms with Gasteiger partial charge in [-0.25, -0.2) is 0 Å². The summed E-state index contributed by atoms with van der Waals surface area (Å²) < 4.78 is 0. The van der Waals surface area contributed by atoms with Crippen molar-refractivity contribution in [2.24, 2.45) is 11.5 Å². The van der Waals surface area contributed by atoms with Crippen LogP contribution in [0.5, 0.6) is 0 Å². The summed E-state index contributed by atoms with van der Waals surface area (Å²) in [6.07, 6.45) is 0. The van der Waals surface area contributed by atoms with Crippen LogP contribution in [0.4, 0.5) is 0 Å². The summed E-state index contributed by atoms with van der Waals surface area (Å²) >= 11 is 0. The molecule has 2 nitrogen and oxygen atoms in total. The second-order valence-electron chi connectivity index (χ2n) is 4.71. The van der Waals surface area contributed by atoms with Gasteiger partial charge < -0.3 is 11.5 Å². The SMILES string of the molecule is CC(C)(C)c1ccc([C@@H](N)CN)cc1.Cl.Cl. The van der Waals surface area contributed by atoms with Crippen molar-refractivity contribution in [3.05, 3.63) is 35.4 Å². The van der Waals surface area contributed by atoms with Gasteiger partial charge in [-0.3, -0.25) is 0 Å². The molecule has 0 fully saturated rings. The van der Waals surface area contributed by atoms with Gasteiger partial charge in [0.2, 0.25) is 0 Å². The van der Waals surface area contributed by atoms with E-state index in [4.69, 9.17) is 11.5 Å². The molecule has 1 aromatic rings. The van der Waals surface area contributed by atoms with Crippen molar-refractivity contribution in [3.8, 4) is 0 Å². The number of benzene rings is 1. The molecule has 0 saturated heterocycles. The number of hydrogen-bond acceptors (Lipinski definition) is 2. The van der Waals surface area contributed by atoms with Crippen molar-refractivity contribution in [3.63, 3.8) is 0 Å². The molecule has 4 N–H and O–H groups in total. The zero-order valence-electron chi connectivity index (χ0n) is 10.1. The van der Waals surface area contributed by atoms with Crippen LogP contribution in [0.15, 0.2) is 24.3 Å². The molecule has 0 aliphatic carbocycles. The van der Waals surface area contributed by atoms with Gasteiger partial charge in [-0.2, -0.15) is 0 Å². The highest BCUT2D eigenvalue weighted by molar-refractivity contribution is 5.85. The van der Waals surface area contributed by atoms with E-state index in [1.165, 1.54) is 5.56 Å². The second kappa shape index (κ2) is 7.13. The first-order valence-corrected chi connectivity index (χ1v) is 5.01. The Balaban J connectivity index is 0. The third kappa shape index (κ3) is 4.71. The molecule has 1 aromatic carbocycles. The molecule has 0 aromatic heterocycles. The third-order valence-corrected chi connectivity index (χ3v) is 2.46. The average Bonchev–Trinajstić information content (AvgIpc) is 2.15. The molecule has 0 radical (unpaired) electrons. The Morgan fingerprint density at radius 3 is 1.81 bits per heavy atom. The second-order valence-corrected chi connectivity index (χ2v) is 4.71. The summed E-state index contributed by atoms with van der Waals surface area (Å²) in [7, 11) is 0. The normalized spacial score (nSPS) is 12.3. The van der Waals surface area contributed by atoms with Gasteiger partial charge in [0.05, 0.1) is 0 Å². The van der Waals surface area contributed by atoms with E-state index in [0.29, 0.717) is 6.54 Å². The van der Waals surface area contributed by atoms with Crippen LogP contribution in [0, 0.1) is 0 Å². The minimum atomic E-state index is -0.0379. The third-order valence-electron chi connectivity index (χ3n) is 2.46. The van der Waals surface area contributed by atoms with Crippen LogP contribution < -0.4 is 11.5 Å². The summed E-state index contributed by atoms with van der Waals surface area (Å²) in [6, 6.07) is 8.36. The lowest BCUT2D eigenvalue weighted by Crippen LogP contribution is -2.21. The highest BCUT2D eigenvalue weighted by Gasteiger charge is 2.13. The van der Waals surface area contributed by atoms with Gasteiger partial charge in [-0.15, -0.1) is 24.8 Å². The van der Waals surface area contributed by atoms with Crippen LogP contribution in [0.2, 0.25) is 0 Å². The molecule has 94 valence electrons. The maximum absolute atomic E-state index is 5.83. The monoisotopic (exact) mass is 264 g/mol. The summed E-state index contributed by atoms with van der Waals surface area (Å²) in [6.45, 7) is 7.09. The first-order chi connectivity index (χ1) is 6.45. The molecule has 0 aliphatic rings. The number of rotatable bonds is 2. The van der Waals surface area contributed by atoms with Crippen molar-refractivity contribution in [1.29, 1.82) is 0 Å². The van der Waals surface area contributed by atoms with E-state index in [-0.39, 0.29) is 36.3 Å². The lowest BCUT2D eigenvalue weighted by Gasteiger charge is -2.20. The van der Waals surface area contributed by atoms with Crippen molar-refractivity contribution in [1.82, 2.24) is 0 Å². The fourth-order valence-electron chi connectivity index (χ4n) is 1.37. The molecule has 0 saturated carbocycles. The van der Waals surface area contributed by atoms with Crippen LogP contribution >= 0.6 is 24.8 Å². The van der Waals surface area contributed by atoms with Crippen LogP contribution in [-0.4, -0.2) is 6.54 Å². The molecule has 1 rings (SSSR count).